The monoisotopic (exact) mass is 268 g/mol. The van der Waals surface area contributed by atoms with Crippen molar-refractivity contribution < 1.29 is 5.11 Å². The Bertz CT molecular complexity index is 243. The molecule has 0 heterocycles. The smallest absolute Gasteiger partial charge is 0.0443 e. The Balaban J connectivity index is 1.80. The van der Waals surface area contributed by atoms with E-state index in [-0.39, 0.29) is 0 Å². The van der Waals surface area contributed by atoms with Crippen LogP contribution in [0.15, 0.2) is 0 Å². The zero-order valence-corrected chi connectivity index (χ0v) is 12.6. The van der Waals surface area contributed by atoms with Crippen LogP contribution in [0.1, 0.15) is 58.3 Å². The maximum absolute atomic E-state index is 9.08. The highest BCUT2D eigenvalue weighted by Crippen LogP contribution is 2.31. The molecule has 2 aliphatic carbocycles. The minimum atomic E-state index is 0.339. The van der Waals surface area contributed by atoms with E-state index >= 15 is 0 Å². The summed E-state index contributed by atoms with van der Waals surface area (Å²) in [4.78, 5) is 2.68. The fraction of sp³-hybridized carbons (Fsp3) is 1.00. The number of hydrogen-bond acceptors (Lipinski definition) is 3. The summed E-state index contributed by atoms with van der Waals surface area (Å²) in [5, 5.41) is 12.8. The third kappa shape index (κ3) is 4.44. The summed E-state index contributed by atoms with van der Waals surface area (Å²) in [5.74, 6) is 0.839. The van der Waals surface area contributed by atoms with E-state index in [2.05, 4.69) is 17.1 Å². The van der Waals surface area contributed by atoms with Crippen molar-refractivity contribution in [3.8, 4) is 0 Å². The molecule has 0 amide bonds. The maximum Gasteiger partial charge on any atom is 0.0443 e. The maximum atomic E-state index is 9.08. The molecule has 0 bridgehead atoms. The Kier molecular flexibility index (Phi) is 6.62. The van der Waals surface area contributed by atoms with Gasteiger partial charge in [-0.1, -0.05) is 19.8 Å². The molecule has 3 nitrogen and oxygen atoms in total. The standard InChI is InChI=1S/C16H32N2O/c1-2-10-17-16-9-3-6-14(16)13-18(11-5-12-19)15-7-4-8-15/h14-17,19H,2-13H2,1H3. The van der Waals surface area contributed by atoms with Gasteiger partial charge in [-0.25, -0.2) is 0 Å². The molecule has 0 aromatic rings. The average Bonchev–Trinajstić information content (AvgIpc) is 2.78. The first-order valence-electron chi connectivity index (χ1n) is 8.43. The molecule has 2 fully saturated rings. The lowest BCUT2D eigenvalue weighted by Crippen LogP contribution is -2.46. The van der Waals surface area contributed by atoms with Gasteiger partial charge in [-0.05, 0) is 51.0 Å². The highest BCUT2D eigenvalue weighted by molar-refractivity contribution is 4.88. The van der Waals surface area contributed by atoms with Crippen molar-refractivity contribution in [1.29, 1.82) is 0 Å². The molecule has 0 aromatic heterocycles. The molecule has 3 heteroatoms. The molecule has 2 N–H and O–H groups in total. The minimum Gasteiger partial charge on any atom is -0.396 e. The molecular weight excluding hydrogens is 236 g/mol. The van der Waals surface area contributed by atoms with E-state index in [0.717, 1.165) is 31.0 Å². The molecule has 2 saturated carbocycles. The highest BCUT2D eigenvalue weighted by Gasteiger charge is 2.32. The van der Waals surface area contributed by atoms with Crippen LogP contribution < -0.4 is 5.32 Å². The second-order valence-electron chi connectivity index (χ2n) is 6.41. The van der Waals surface area contributed by atoms with E-state index in [1.54, 1.807) is 0 Å². The number of rotatable bonds is 9. The topological polar surface area (TPSA) is 35.5 Å². The molecule has 2 atom stereocenters. The van der Waals surface area contributed by atoms with Gasteiger partial charge in [0, 0.05) is 31.8 Å². The molecule has 0 aromatic carbocycles. The number of aliphatic hydroxyl groups is 1. The molecule has 2 unspecified atom stereocenters. The van der Waals surface area contributed by atoms with Crippen LogP contribution in [0.3, 0.4) is 0 Å². The first kappa shape index (κ1) is 15.3. The van der Waals surface area contributed by atoms with E-state index in [1.807, 2.05) is 0 Å². The van der Waals surface area contributed by atoms with Gasteiger partial charge in [0.2, 0.25) is 0 Å². The van der Waals surface area contributed by atoms with Crippen LogP contribution in [0.25, 0.3) is 0 Å². The quantitative estimate of drug-likeness (QED) is 0.674. The van der Waals surface area contributed by atoms with Gasteiger partial charge in [-0.3, -0.25) is 4.90 Å². The Labute approximate surface area is 118 Å². The van der Waals surface area contributed by atoms with E-state index in [1.165, 1.54) is 58.0 Å². The Morgan fingerprint density at radius 3 is 2.58 bits per heavy atom. The Morgan fingerprint density at radius 2 is 1.95 bits per heavy atom. The predicted molar refractivity (Wildman–Crippen MR) is 80.3 cm³/mol. The Morgan fingerprint density at radius 1 is 1.16 bits per heavy atom. The van der Waals surface area contributed by atoms with Gasteiger partial charge >= 0.3 is 0 Å². The number of aliphatic hydroxyl groups excluding tert-OH is 1. The van der Waals surface area contributed by atoms with E-state index in [9.17, 15) is 0 Å². The van der Waals surface area contributed by atoms with E-state index in [0.29, 0.717) is 6.61 Å². The van der Waals surface area contributed by atoms with Crippen LogP contribution in [-0.4, -0.2) is 48.3 Å². The zero-order chi connectivity index (χ0) is 13.5. The third-order valence-corrected chi connectivity index (χ3v) is 4.98. The normalized spacial score (nSPS) is 27.9. The number of nitrogens with zero attached hydrogens (tertiary/aromatic N) is 1. The van der Waals surface area contributed by atoms with Gasteiger partial charge in [0.25, 0.3) is 0 Å². The van der Waals surface area contributed by atoms with Crippen LogP contribution in [0.2, 0.25) is 0 Å². The highest BCUT2D eigenvalue weighted by atomic mass is 16.3. The fourth-order valence-corrected chi connectivity index (χ4v) is 3.60. The summed E-state index contributed by atoms with van der Waals surface area (Å²) in [6.07, 6.45) is 10.5. The third-order valence-electron chi connectivity index (χ3n) is 4.98. The van der Waals surface area contributed by atoms with Gasteiger partial charge in [0.05, 0.1) is 0 Å². The lowest BCUT2D eigenvalue weighted by molar-refractivity contribution is 0.0936. The molecule has 0 saturated heterocycles. The molecule has 2 aliphatic rings. The van der Waals surface area contributed by atoms with Gasteiger partial charge < -0.3 is 10.4 Å². The van der Waals surface area contributed by atoms with Crippen molar-refractivity contribution in [3.63, 3.8) is 0 Å². The summed E-state index contributed by atoms with van der Waals surface area (Å²) >= 11 is 0. The van der Waals surface area contributed by atoms with Crippen LogP contribution >= 0.6 is 0 Å². The van der Waals surface area contributed by atoms with Crippen molar-refractivity contribution in [2.75, 3.05) is 26.2 Å². The van der Waals surface area contributed by atoms with E-state index in [4.69, 9.17) is 5.11 Å². The van der Waals surface area contributed by atoms with Gasteiger partial charge in [0.1, 0.15) is 0 Å². The lowest BCUT2D eigenvalue weighted by atomic mass is 9.90. The largest absolute Gasteiger partial charge is 0.396 e. The first-order valence-corrected chi connectivity index (χ1v) is 8.43. The van der Waals surface area contributed by atoms with Gasteiger partial charge in [0.15, 0.2) is 0 Å². The van der Waals surface area contributed by atoms with Gasteiger partial charge in [-0.15, -0.1) is 0 Å². The Hall–Kier alpha value is -0.120. The minimum absolute atomic E-state index is 0.339. The summed E-state index contributed by atoms with van der Waals surface area (Å²) < 4.78 is 0. The van der Waals surface area contributed by atoms with Crippen molar-refractivity contribution in [2.24, 2.45) is 5.92 Å². The fourth-order valence-electron chi connectivity index (χ4n) is 3.60. The van der Waals surface area contributed by atoms with Crippen molar-refractivity contribution >= 4 is 0 Å². The zero-order valence-electron chi connectivity index (χ0n) is 12.6. The first-order chi connectivity index (χ1) is 9.35. The molecular formula is C16H32N2O. The van der Waals surface area contributed by atoms with Crippen LogP contribution in [-0.2, 0) is 0 Å². The molecule has 112 valence electrons. The molecule has 0 spiro atoms. The number of hydrogen-bond donors (Lipinski definition) is 2. The average molecular weight is 268 g/mol. The van der Waals surface area contributed by atoms with E-state index < -0.39 is 0 Å². The predicted octanol–water partition coefficient (Wildman–Crippen LogP) is 2.39. The second-order valence-corrected chi connectivity index (χ2v) is 6.41. The van der Waals surface area contributed by atoms with Crippen LogP contribution in [0.5, 0.6) is 0 Å². The summed E-state index contributed by atoms with van der Waals surface area (Å²) in [6.45, 7) is 6.11. The molecule has 0 radical (unpaired) electrons. The second kappa shape index (κ2) is 8.23. The SMILES string of the molecule is CCCNC1CCCC1CN(CCCO)C1CCC1. The van der Waals surface area contributed by atoms with Crippen molar-refractivity contribution in [2.45, 2.75) is 70.4 Å². The van der Waals surface area contributed by atoms with Crippen molar-refractivity contribution in [1.82, 2.24) is 10.2 Å². The van der Waals surface area contributed by atoms with Crippen molar-refractivity contribution in [3.05, 3.63) is 0 Å². The molecule has 19 heavy (non-hydrogen) atoms. The summed E-state index contributed by atoms with van der Waals surface area (Å²) in [6, 6.07) is 1.57. The molecule has 0 aliphatic heterocycles. The number of nitrogens with one attached hydrogen (secondary N) is 1. The van der Waals surface area contributed by atoms with Crippen LogP contribution in [0.4, 0.5) is 0 Å². The summed E-state index contributed by atoms with van der Waals surface area (Å²) in [7, 11) is 0. The van der Waals surface area contributed by atoms with Gasteiger partial charge in [-0.2, -0.15) is 0 Å². The summed E-state index contributed by atoms with van der Waals surface area (Å²) in [5.41, 5.74) is 0. The molecule has 2 rings (SSSR count). The van der Waals surface area contributed by atoms with Crippen LogP contribution in [0, 0.1) is 5.92 Å². The lowest BCUT2D eigenvalue weighted by Gasteiger charge is -2.40.